The van der Waals surface area contributed by atoms with Gasteiger partial charge in [0.15, 0.2) is 179 Å². The highest BCUT2D eigenvalue weighted by Crippen LogP contribution is 2.50. The van der Waals surface area contributed by atoms with Gasteiger partial charge in [0.2, 0.25) is 52.3 Å². The van der Waals surface area contributed by atoms with E-state index in [1.807, 2.05) is 0 Å². The Morgan fingerprint density at radius 3 is 0.731 bits per heavy atom. The fraction of sp³-hybridized carbons (Fsp3) is 0.0659. The molecule has 0 radical (unpaired) electrons. The van der Waals surface area contributed by atoms with Crippen molar-refractivity contribution in [3.8, 4) is 218 Å². The third-order valence-electron chi connectivity index (χ3n) is 20.2. The third kappa shape index (κ3) is 20.9. The van der Waals surface area contributed by atoms with Gasteiger partial charge >= 0.3 is 59.7 Å². The summed E-state index contributed by atoms with van der Waals surface area (Å²) in [6.45, 7) is -1.71. The van der Waals surface area contributed by atoms with Crippen LogP contribution in [0, 0.1) is 0 Å². The first kappa shape index (κ1) is 101. The van der Waals surface area contributed by atoms with E-state index in [2.05, 4.69) is 0 Å². The van der Waals surface area contributed by atoms with Crippen LogP contribution in [0.3, 0.4) is 0 Å². The lowest BCUT2D eigenvalue weighted by atomic mass is 9.97. The average molecular weight is 2020 g/mol. The molecule has 0 spiro atoms. The van der Waals surface area contributed by atoms with Crippen LogP contribution in [0.2, 0.25) is 0 Å². The van der Waals surface area contributed by atoms with Gasteiger partial charge in [0.1, 0.15) is 35.2 Å². The van der Waals surface area contributed by atoms with Crippen LogP contribution in [0.5, 0.6) is 207 Å². The maximum absolute atomic E-state index is 15.3. The minimum Gasteiger partial charge on any atom is -0.508 e. The summed E-state index contributed by atoms with van der Waals surface area (Å²) in [5.74, 6) is -60.4. The number of fused-ring (bicyclic) bond motifs is 1. The van der Waals surface area contributed by atoms with Crippen molar-refractivity contribution < 1.29 is 263 Å². The van der Waals surface area contributed by atoms with E-state index in [0.717, 1.165) is 24.3 Å². The summed E-state index contributed by atoms with van der Waals surface area (Å²) in [6, 6.07) is 12.4. The molecular weight excluding hydrogens is 1960 g/mol. The van der Waals surface area contributed by atoms with Gasteiger partial charge in [-0.25, -0.2) is 47.9 Å². The Balaban J connectivity index is 0.000000667. The summed E-state index contributed by atoms with van der Waals surface area (Å²) in [5, 5.41) is 318. The van der Waals surface area contributed by atoms with Crippen LogP contribution in [0.4, 0.5) is 0 Å². The molecule has 0 unspecified atom stereocenters. The second-order valence-corrected chi connectivity index (χ2v) is 29.9. The van der Waals surface area contributed by atoms with Crippen LogP contribution in [-0.2, 0) is 28.4 Å². The van der Waals surface area contributed by atoms with Crippen molar-refractivity contribution in [2.75, 3.05) is 6.61 Å². The third-order valence-corrected chi connectivity index (χ3v) is 20.2. The number of carbonyl (C=O) groups excluding carboxylic acids is 10. The molecule has 750 valence electrons. The molecule has 0 bridgehead atoms. The van der Waals surface area contributed by atoms with Gasteiger partial charge in [0.25, 0.3) is 0 Å². The van der Waals surface area contributed by atoms with Gasteiger partial charge < -0.3 is 215 Å². The van der Waals surface area contributed by atoms with Crippen molar-refractivity contribution in [2.24, 2.45) is 0 Å². The van der Waals surface area contributed by atoms with Crippen LogP contribution in [0.15, 0.2) is 155 Å². The van der Waals surface area contributed by atoms with E-state index in [9.17, 15) is 197 Å². The highest BCUT2D eigenvalue weighted by molar-refractivity contribution is 6.01. The highest BCUT2D eigenvalue weighted by atomic mass is 16.8. The molecule has 1 aromatic heterocycles. The lowest BCUT2D eigenvalue weighted by Crippen LogP contribution is -2.63. The van der Waals surface area contributed by atoms with E-state index in [4.69, 9.17) is 56.5 Å². The Labute approximate surface area is 797 Å². The first-order valence-electron chi connectivity index (χ1n) is 39.4. The molecule has 1 saturated heterocycles. The molecule has 14 rings (SSSR count). The summed E-state index contributed by atoms with van der Waals surface area (Å²) >= 11 is 0. The van der Waals surface area contributed by atoms with E-state index in [1.165, 1.54) is 0 Å². The van der Waals surface area contributed by atoms with E-state index in [0.29, 0.717) is 121 Å². The van der Waals surface area contributed by atoms with Crippen molar-refractivity contribution in [1.82, 2.24) is 0 Å². The largest absolute Gasteiger partial charge is 0.508 e. The van der Waals surface area contributed by atoms with Gasteiger partial charge in [0.05, 0.1) is 55.6 Å². The fourth-order valence-electron chi connectivity index (χ4n) is 13.1. The molecule has 12 aromatic carbocycles. The Bertz CT molecular complexity index is 7560. The second kappa shape index (κ2) is 39.6. The van der Waals surface area contributed by atoms with E-state index < -0.39 is 365 Å². The van der Waals surface area contributed by atoms with Crippen LogP contribution >= 0.6 is 0 Å². The summed E-state index contributed by atoms with van der Waals surface area (Å²) in [5.41, 5.74) is -11.2. The zero-order chi connectivity index (χ0) is 106. The zero-order valence-corrected chi connectivity index (χ0v) is 71.2. The lowest BCUT2D eigenvalue weighted by molar-refractivity contribution is -0.282. The van der Waals surface area contributed by atoms with Gasteiger partial charge in [-0.1, -0.05) is 0 Å². The molecule has 31 N–H and O–H groups in total. The quantitative estimate of drug-likeness (QED) is 0.0148. The number of rotatable bonds is 22. The lowest BCUT2D eigenvalue weighted by Gasteiger charge is -2.43. The van der Waals surface area contributed by atoms with Crippen molar-refractivity contribution in [2.45, 2.75) is 30.7 Å². The molecule has 145 heavy (non-hydrogen) atoms. The molecule has 0 aliphatic carbocycles. The van der Waals surface area contributed by atoms with E-state index in [-0.39, 0.29) is 22.3 Å². The van der Waals surface area contributed by atoms with Crippen LogP contribution in [0.25, 0.3) is 22.3 Å². The normalized spacial score (nSPS) is 14.1. The van der Waals surface area contributed by atoms with Crippen molar-refractivity contribution in [3.05, 3.63) is 211 Å². The Hall–Kier alpha value is -21.7. The molecule has 0 saturated carbocycles. The Morgan fingerprint density at radius 1 is 0.228 bits per heavy atom. The second-order valence-electron chi connectivity index (χ2n) is 29.9. The number of hydrogen-bond acceptors (Lipinski definition) is 54. The molecular formula is C91H62O54. The van der Waals surface area contributed by atoms with Gasteiger partial charge in [-0.2, -0.15) is 0 Å². The number of phenolic OH excluding ortho intramolecular Hbond substituents is 30. The number of phenols is 30. The molecule has 2 heterocycles. The van der Waals surface area contributed by atoms with E-state index in [1.54, 1.807) is 0 Å². The Kier molecular flexibility index (Phi) is 27.5. The SMILES string of the molecule is O=C(OC[C@H]1O[C@@H](OC(=O)c2cc(O)c(O)c(OC(=O)c3cc(O)c(O)c(O)c3)c2)[C@H](OC(=O)c2cc(O)c(O)c(OC(=O)c3cc(O)c(O)c(O)c3)c2)[C@@H](OC(=O)c2cc(O)c(O)c(OC(=O)c3cc(O)c(O)c(O)c3)c2)[C@@H]1OC(=O)c1cc(O)c(O)c(OC(=O)c2cc(O)c(O)c(O)c2)c1)c1cc(O)c(O)c(OC(=O)c2cc(O)c(O)c(O)c2)c1.O=c1c(O)c(-c2cc(O)c(O)c(O)c2)oc2cc(O)cc(O)c12. The number of esters is 10. The monoisotopic (exact) mass is 2020 g/mol. The van der Waals surface area contributed by atoms with Gasteiger partial charge in [-0.05, 0) is 133 Å². The number of hydrogen-bond donors (Lipinski definition) is 31. The summed E-state index contributed by atoms with van der Waals surface area (Å²) < 4.78 is 65.7. The first-order valence-corrected chi connectivity index (χ1v) is 39.4. The number of benzene rings is 12. The fourth-order valence-corrected chi connectivity index (χ4v) is 13.1. The summed E-state index contributed by atoms with van der Waals surface area (Å²) in [7, 11) is 0. The molecule has 1 aliphatic heterocycles. The summed E-state index contributed by atoms with van der Waals surface area (Å²) in [4.78, 5) is 155. The molecule has 0 amide bonds. The molecule has 1 aliphatic rings. The predicted molar refractivity (Wildman–Crippen MR) is 461 cm³/mol. The molecule has 5 atom stereocenters. The van der Waals surface area contributed by atoms with Crippen molar-refractivity contribution in [3.63, 3.8) is 0 Å². The highest BCUT2D eigenvalue weighted by Gasteiger charge is 2.55. The van der Waals surface area contributed by atoms with Gasteiger partial charge in [-0.15, -0.1) is 0 Å². The number of aromatic hydroxyl groups is 31. The first-order chi connectivity index (χ1) is 68.1. The van der Waals surface area contributed by atoms with Crippen LogP contribution in [0.1, 0.15) is 104 Å². The van der Waals surface area contributed by atoms with Crippen LogP contribution < -0.4 is 29.1 Å². The molecule has 1 fully saturated rings. The topological polar surface area (TPSA) is 930 Å². The smallest absolute Gasteiger partial charge is 0.343 e. The van der Waals surface area contributed by atoms with Crippen molar-refractivity contribution in [1.29, 1.82) is 0 Å². The minimum atomic E-state index is -3.12. The average Bonchev–Trinajstić information content (AvgIpc) is 0.764. The maximum Gasteiger partial charge on any atom is 0.343 e. The minimum absolute atomic E-state index is 0.0999. The predicted octanol–water partition coefficient (Wildman–Crippen LogP) is 6.53. The summed E-state index contributed by atoms with van der Waals surface area (Å²) in [6.07, 6.45) is -15.1. The van der Waals surface area contributed by atoms with Gasteiger partial charge in [0, 0.05) is 17.7 Å². The van der Waals surface area contributed by atoms with Gasteiger partial charge in [-0.3, -0.25) is 4.79 Å². The Morgan fingerprint density at radius 2 is 0.455 bits per heavy atom. The van der Waals surface area contributed by atoms with Crippen LogP contribution in [-0.4, -0.2) is 255 Å². The zero-order valence-electron chi connectivity index (χ0n) is 71.2. The molecule has 54 heteroatoms. The van der Waals surface area contributed by atoms with E-state index >= 15 is 14.4 Å². The van der Waals surface area contributed by atoms with Crippen molar-refractivity contribution >= 4 is 70.7 Å². The standard InChI is InChI=1S/C76H52O46.C15H10O8/c77-32-1-22(2-33(78)53(32)92)67(103)113-47-16-27(11-42(87)58(47)97)66(102)112-21-52-63(119-72(108)28-12-43(88)59(98)48(17-28)114-68(104)23-3-34(79)54(93)35(80)4-23)64(120-73(109)29-13-44(89)60(99)49(18-29)115-69(105)24-5-36(81)55(94)37(82)6-24)65(121-74(110)30-14-45(90)61(100)50(19-30)116-70(106)25-7-38(83)56(95)39(84)8-25)76(118-52)122-75(111)31-15-46(91)62(101)51(20-31)117-71(107)26-9-40(85)57(96)41(86)10-26;16-6-3-7(17)11-10(4-6)23-15(14(22)13(11)21)5-1-8(18)12(20)9(19)2-5/h1-20,52,63-65,76-101H,21H2;1-4,16-20,22H/t52-,63-,64+,65-,76+;/m1./s1. The molecule has 54 nitrogen and oxygen atoms in total. The number of ether oxygens (including phenoxy) is 11. The molecule has 13 aromatic rings. The number of carbonyl (C=O) groups is 10. The maximum atomic E-state index is 15.3.